The molecular weight excluding hydrogens is 378 g/mol. The SMILES string of the molecule is Cc1ccc(C(C)N(C)S(=O)(=O)c2cc(Br)sc2C)s1. The Labute approximate surface area is 136 Å². The molecule has 1 unspecified atom stereocenters. The van der Waals surface area contributed by atoms with Gasteiger partial charge < -0.3 is 0 Å². The molecule has 3 nitrogen and oxygen atoms in total. The van der Waals surface area contributed by atoms with Gasteiger partial charge in [0.1, 0.15) is 0 Å². The van der Waals surface area contributed by atoms with Gasteiger partial charge in [0.05, 0.1) is 14.7 Å². The molecule has 0 radical (unpaired) electrons. The monoisotopic (exact) mass is 393 g/mol. The van der Waals surface area contributed by atoms with Gasteiger partial charge in [0, 0.05) is 21.7 Å². The van der Waals surface area contributed by atoms with Crippen LogP contribution in [-0.2, 0) is 10.0 Å². The van der Waals surface area contributed by atoms with Gasteiger partial charge in [-0.05, 0) is 54.9 Å². The molecule has 0 amide bonds. The average molecular weight is 394 g/mol. The van der Waals surface area contributed by atoms with Crippen LogP contribution in [0, 0.1) is 13.8 Å². The molecule has 2 heterocycles. The van der Waals surface area contributed by atoms with Crippen LogP contribution in [0.3, 0.4) is 0 Å². The van der Waals surface area contributed by atoms with Crippen molar-refractivity contribution in [2.45, 2.75) is 31.7 Å². The zero-order chi connectivity index (χ0) is 15.1. The zero-order valence-electron chi connectivity index (χ0n) is 11.7. The number of nitrogens with zero attached hydrogens (tertiary/aromatic N) is 1. The second kappa shape index (κ2) is 5.88. The number of rotatable bonds is 4. The standard InChI is InChI=1S/C13H16BrNO2S3/c1-8-5-6-11(18-8)9(2)15(4)20(16,17)12-7-13(14)19-10(12)3/h5-7,9H,1-4H3. The van der Waals surface area contributed by atoms with Crippen molar-refractivity contribution in [3.63, 3.8) is 0 Å². The van der Waals surface area contributed by atoms with Crippen molar-refractivity contribution in [1.82, 2.24) is 4.31 Å². The van der Waals surface area contributed by atoms with E-state index in [1.165, 1.54) is 20.5 Å². The lowest BCUT2D eigenvalue weighted by Crippen LogP contribution is -2.29. The molecule has 20 heavy (non-hydrogen) atoms. The van der Waals surface area contributed by atoms with Gasteiger partial charge in [-0.25, -0.2) is 8.42 Å². The fraction of sp³-hybridized carbons (Fsp3) is 0.385. The Morgan fingerprint density at radius 3 is 2.35 bits per heavy atom. The predicted octanol–water partition coefficient (Wildman–Crippen LogP) is 4.57. The highest BCUT2D eigenvalue weighted by Crippen LogP contribution is 2.35. The maximum absolute atomic E-state index is 12.7. The van der Waals surface area contributed by atoms with Crippen molar-refractivity contribution in [2.24, 2.45) is 0 Å². The van der Waals surface area contributed by atoms with Crippen LogP contribution in [0.4, 0.5) is 0 Å². The third kappa shape index (κ3) is 3.01. The molecule has 0 saturated heterocycles. The Morgan fingerprint density at radius 1 is 1.25 bits per heavy atom. The van der Waals surface area contributed by atoms with Gasteiger partial charge in [-0.2, -0.15) is 4.31 Å². The molecule has 0 aliphatic rings. The van der Waals surface area contributed by atoms with Gasteiger partial charge in [-0.1, -0.05) is 0 Å². The van der Waals surface area contributed by atoms with Gasteiger partial charge >= 0.3 is 0 Å². The predicted molar refractivity (Wildman–Crippen MR) is 89.2 cm³/mol. The molecule has 2 rings (SSSR count). The van der Waals surface area contributed by atoms with E-state index in [0.717, 1.165) is 13.5 Å². The summed E-state index contributed by atoms with van der Waals surface area (Å²) in [4.78, 5) is 3.43. The molecule has 0 fully saturated rings. The first-order valence-corrected chi connectivity index (χ1v) is 9.90. The third-order valence-electron chi connectivity index (χ3n) is 3.22. The molecule has 0 aliphatic carbocycles. The summed E-state index contributed by atoms with van der Waals surface area (Å²) in [6, 6.07) is 5.52. The second-order valence-electron chi connectivity index (χ2n) is 4.62. The Morgan fingerprint density at radius 2 is 1.90 bits per heavy atom. The highest BCUT2D eigenvalue weighted by molar-refractivity contribution is 9.11. The molecule has 0 bridgehead atoms. The van der Waals surface area contributed by atoms with Gasteiger partial charge in [-0.15, -0.1) is 22.7 Å². The van der Waals surface area contributed by atoms with E-state index in [2.05, 4.69) is 15.9 Å². The first kappa shape index (κ1) is 16.2. The molecule has 0 aromatic carbocycles. The number of aryl methyl sites for hydroxylation is 2. The lowest BCUT2D eigenvalue weighted by atomic mass is 10.3. The fourth-order valence-corrected chi connectivity index (χ4v) is 6.67. The number of hydrogen-bond donors (Lipinski definition) is 0. The van der Waals surface area contributed by atoms with E-state index in [0.29, 0.717) is 4.90 Å². The number of halogens is 1. The summed E-state index contributed by atoms with van der Waals surface area (Å²) in [5.74, 6) is 0. The summed E-state index contributed by atoms with van der Waals surface area (Å²) in [7, 11) is -1.83. The van der Waals surface area contributed by atoms with Gasteiger partial charge in [0.2, 0.25) is 10.0 Å². The van der Waals surface area contributed by atoms with Crippen LogP contribution in [0.2, 0.25) is 0 Å². The smallest absolute Gasteiger partial charge is 0.207 e. The summed E-state index contributed by atoms with van der Waals surface area (Å²) in [5.41, 5.74) is 0. The van der Waals surface area contributed by atoms with Gasteiger partial charge in [0.25, 0.3) is 0 Å². The summed E-state index contributed by atoms with van der Waals surface area (Å²) >= 11 is 6.42. The molecule has 0 aliphatic heterocycles. The van der Waals surface area contributed by atoms with Crippen molar-refractivity contribution in [1.29, 1.82) is 0 Å². The van der Waals surface area contributed by atoms with Gasteiger partial charge in [-0.3, -0.25) is 0 Å². The Hall–Kier alpha value is -0.210. The lowest BCUT2D eigenvalue weighted by molar-refractivity contribution is 0.403. The van der Waals surface area contributed by atoms with E-state index in [1.807, 2.05) is 32.9 Å². The topological polar surface area (TPSA) is 37.4 Å². The number of sulfonamides is 1. The van der Waals surface area contributed by atoms with Crippen molar-refractivity contribution >= 4 is 48.6 Å². The first-order valence-electron chi connectivity index (χ1n) is 6.03. The summed E-state index contributed by atoms with van der Waals surface area (Å²) < 4.78 is 27.7. The minimum absolute atomic E-state index is 0.170. The normalized spacial score (nSPS) is 13.9. The molecular formula is C13H16BrNO2S3. The first-order chi connectivity index (χ1) is 9.23. The van der Waals surface area contributed by atoms with Crippen molar-refractivity contribution in [2.75, 3.05) is 7.05 Å². The molecule has 7 heteroatoms. The van der Waals surface area contributed by atoms with Crippen LogP contribution in [0.15, 0.2) is 26.9 Å². The number of hydrogen-bond acceptors (Lipinski definition) is 4. The van der Waals surface area contributed by atoms with E-state index in [9.17, 15) is 8.42 Å². The van der Waals surface area contributed by atoms with Crippen LogP contribution < -0.4 is 0 Å². The third-order valence-corrected chi connectivity index (χ3v) is 8.13. The Balaban J connectivity index is 2.36. The van der Waals surface area contributed by atoms with Crippen molar-refractivity contribution in [3.8, 4) is 0 Å². The van der Waals surface area contributed by atoms with Crippen LogP contribution >= 0.6 is 38.6 Å². The molecule has 1 atom stereocenters. The Kier molecular flexibility index (Phi) is 4.76. The van der Waals surface area contributed by atoms with Crippen molar-refractivity contribution < 1.29 is 8.42 Å². The summed E-state index contributed by atoms with van der Waals surface area (Å²) in [6.07, 6.45) is 0. The zero-order valence-corrected chi connectivity index (χ0v) is 15.7. The highest BCUT2D eigenvalue weighted by Gasteiger charge is 2.29. The molecule has 110 valence electrons. The second-order valence-corrected chi connectivity index (χ2v) is 10.5. The minimum Gasteiger partial charge on any atom is -0.207 e. The molecule has 0 N–H and O–H groups in total. The average Bonchev–Trinajstić information content (AvgIpc) is 2.93. The van der Waals surface area contributed by atoms with Gasteiger partial charge in [0.15, 0.2) is 0 Å². The van der Waals surface area contributed by atoms with Crippen LogP contribution in [-0.4, -0.2) is 19.8 Å². The Bertz CT molecular complexity index is 718. The van der Waals surface area contributed by atoms with Crippen LogP contribution in [0.1, 0.15) is 27.6 Å². The molecule has 2 aromatic heterocycles. The maximum Gasteiger partial charge on any atom is 0.244 e. The van der Waals surface area contributed by atoms with E-state index in [-0.39, 0.29) is 6.04 Å². The van der Waals surface area contributed by atoms with Crippen LogP contribution in [0.25, 0.3) is 0 Å². The molecule has 0 saturated carbocycles. The summed E-state index contributed by atoms with van der Waals surface area (Å²) in [5, 5.41) is 0. The van der Waals surface area contributed by atoms with E-state index in [4.69, 9.17) is 0 Å². The van der Waals surface area contributed by atoms with E-state index < -0.39 is 10.0 Å². The lowest BCUT2D eigenvalue weighted by Gasteiger charge is -2.23. The highest BCUT2D eigenvalue weighted by atomic mass is 79.9. The quantitative estimate of drug-likeness (QED) is 0.762. The largest absolute Gasteiger partial charge is 0.244 e. The van der Waals surface area contributed by atoms with E-state index in [1.54, 1.807) is 24.5 Å². The summed E-state index contributed by atoms with van der Waals surface area (Å²) in [6.45, 7) is 5.77. The van der Waals surface area contributed by atoms with Crippen molar-refractivity contribution in [3.05, 3.63) is 36.6 Å². The number of thiophene rings is 2. The van der Waals surface area contributed by atoms with E-state index >= 15 is 0 Å². The minimum atomic E-state index is -3.47. The van der Waals surface area contributed by atoms with Crippen LogP contribution in [0.5, 0.6) is 0 Å². The fourth-order valence-electron chi connectivity index (χ4n) is 1.91. The molecule has 0 spiro atoms. The maximum atomic E-state index is 12.7. The molecule has 2 aromatic rings.